The summed E-state index contributed by atoms with van der Waals surface area (Å²) in [5.41, 5.74) is 1.06. The fourth-order valence-electron chi connectivity index (χ4n) is 5.29. The van der Waals surface area contributed by atoms with Crippen LogP contribution in [-0.4, -0.2) is 81.2 Å². The van der Waals surface area contributed by atoms with E-state index in [9.17, 15) is 9.59 Å². The van der Waals surface area contributed by atoms with Crippen molar-refractivity contribution < 1.29 is 19.1 Å². The SMILES string of the molecule is CCCCN1CCOc2ccccc2CCCCC2(CN(C(=O)c3cnn4cccnc34)CCO2)C1=O. The van der Waals surface area contributed by atoms with Gasteiger partial charge >= 0.3 is 0 Å². The summed E-state index contributed by atoms with van der Waals surface area (Å²) in [6, 6.07) is 9.91. The van der Waals surface area contributed by atoms with Crippen molar-refractivity contribution in [3.05, 3.63) is 60.0 Å². The Morgan fingerprint density at radius 2 is 2.03 bits per heavy atom. The van der Waals surface area contributed by atoms with Gasteiger partial charge in [0.2, 0.25) is 0 Å². The lowest BCUT2D eigenvalue weighted by Crippen LogP contribution is -2.62. The van der Waals surface area contributed by atoms with Crippen LogP contribution < -0.4 is 4.74 Å². The molecule has 2 aromatic heterocycles. The number of aromatic nitrogens is 3. The van der Waals surface area contributed by atoms with Crippen molar-refractivity contribution in [1.82, 2.24) is 24.4 Å². The topological polar surface area (TPSA) is 89.3 Å². The minimum absolute atomic E-state index is 0.0473. The van der Waals surface area contributed by atoms with Crippen molar-refractivity contribution in [2.75, 3.05) is 39.4 Å². The molecule has 5 rings (SSSR count). The Balaban J connectivity index is 1.41. The molecule has 1 spiro atoms. The Morgan fingerprint density at radius 1 is 1.14 bits per heavy atom. The lowest BCUT2D eigenvalue weighted by atomic mass is 9.90. The van der Waals surface area contributed by atoms with Crippen LogP contribution in [0.5, 0.6) is 5.75 Å². The lowest BCUT2D eigenvalue weighted by Gasteiger charge is -2.44. The molecule has 1 fully saturated rings. The van der Waals surface area contributed by atoms with Crippen molar-refractivity contribution in [3.8, 4) is 5.75 Å². The van der Waals surface area contributed by atoms with Crippen LogP contribution in [0.4, 0.5) is 0 Å². The van der Waals surface area contributed by atoms with E-state index in [4.69, 9.17) is 9.47 Å². The molecule has 37 heavy (non-hydrogen) atoms. The molecule has 0 aliphatic carbocycles. The van der Waals surface area contributed by atoms with Gasteiger partial charge in [-0.3, -0.25) is 9.59 Å². The minimum atomic E-state index is -1.07. The van der Waals surface area contributed by atoms with Crippen LogP contribution in [0.2, 0.25) is 0 Å². The highest BCUT2D eigenvalue weighted by Crippen LogP contribution is 2.30. The van der Waals surface area contributed by atoms with E-state index in [1.54, 1.807) is 34.1 Å². The van der Waals surface area contributed by atoms with Gasteiger partial charge in [-0.05, 0) is 49.8 Å². The van der Waals surface area contributed by atoms with Gasteiger partial charge < -0.3 is 19.3 Å². The van der Waals surface area contributed by atoms with E-state index in [1.807, 2.05) is 23.1 Å². The molecule has 1 atom stereocenters. The highest BCUT2D eigenvalue weighted by atomic mass is 16.5. The Bertz CT molecular complexity index is 1240. The van der Waals surface area contributed by atoms with Gasteiger partial charge in [-0.15, -0.1) is 0 Å². The largest absolute Gasteiger partial charge is 0.491 e. The highest BCUT2D eigenvalue weighted by molar-refractivity contribution is 6.00. The second-order valence-corrected chi connectivity index (χ2v) is 9.82. The van der Waals surface area contributed by atoms with E-state index in [0.29, 0.717) is 50.5 Å². The molecule has 2 amide bonds. The number of aryl methyl sites for hydroxylation is 1. The molecule has 9 heteroatoms. The van der Waals surface area contributed by atoms with E-state index >= 15 is 0 Å². The van der Waals surface area contributed by atoms with Gasteiger partial charge in [0.1, 0.15) is 17.9 Å². The molecule has 0 N–H and O–H groups in total. The summed E-state index contributed by atoms with van der Waals surface area (Å²) in [6.07, 6.45) is 9.99. The van der Waals surface area contributed by atoms with E-state index in [2.05, 4.69) is 23.1 Å². The van der Waals surface area contributed by atoms with E-state index in [0.717, 1.165) is 37.9 Å². The Hall–Kier alpha value is -3.46. The molecule has 0 saturated carbocycles. The quantitative estimate of drug-likeness (QED) is 0.540. The Kier molecular flexibility index (Phi) is 7.69. The van der Waals surface area contributed by atoms with Crippen molar-refractivity contribution in [2.45, 2.75) is 51.0 Å². The maximum Gasteiger partial charge on any atom is 0.259 e. The number of unbranched alkanes of at least 4 members (excludes halogenated alkanes) is 1. The molecule has 1 unspecified atom stereocenters. The van der Waals surface area contributed by atoms with Crippen LogP contribution in [0.15, 0.2) is 48.9 Å². The number of hydrogen-bond donors (Lipinski definition) is 0. The monoisotopic (exact) mass is 505 g/mol. The number of fused-ring (bicyclic) bond motifs is 2. The molecule has 1 aromatic carbocycles. The molecule has 0 radical (unpaired) electrons. The Morgan fingerprint density at radius 3 is 2.92 bits per heavy atom. The average Bonchev–Trinajstić information content (AvgIpc) is 3.36. The summed E-state index contributed by atoms with van der Waals surface area (Å²) in [4.78, 5) is 35.7. The first-order valence-corrected chi connectivity index (χ1v) is 13.3. The average molecular weight is 506 g/mol. The number of nitrogens with zero attached hydrogens (tertiary/aromatic N) is 5. The van der Waals surface area contributed by atoms with Gasteiger partial charge in [-0.2, -0.15) is 5.10 Å². The second kappa shape index (κ2) is 11.3. The van der Waals surface area contributed by atoms with E-state index in [1.165, 1.54) is 5.56 Å². The number of carbonyl (C=O) groups excluding carboxylic acids is 2. The third kappa shape index (κ3) is 5.32. The van der Waals surface area contributed by atoms with Gasteiger partial charge in [0.15, 0.2) is 11.2 Å². The van der Waals surface area contributed by atoms with Crippen LogP contribution in [0.1, 0.15) is 54.9 Å². The fraction of sp³-hybridized carbons (Fsp3) is 0.500. The first kappa shape index (κ1) is 25.2. The number of amides is 2. The molecule has 196 valence electrons. The molecule has 2 aliphatic heterocycles. The number of hydrogen-bond acceptors (Lipinski definition) is 6. The lowest BCUT2D eigenvalue weighted by molar-refractivity contribution is -0.170. The molecule has 3 aromatic rings. The summed E-state index contributed by atoms with van der Waals surface area (Å²) in [6.45, 7) is 4.59. The summed E-state index contributed by atoms with van der Waals surface area (Å²) < 4.78 is 14.0. The highest BCUT2D eigenvalue weighted by Gasteiger charge is 2.47. The first-order valence-electron chi connectivity index (χ1n) is 13.3. The number of para-hydroxylation sites is 1. The second-order valence-electron chi connectivity index (χ2n) is 9.82. The molecular weight excluding hydrogens is 470 g/mol. The first-order chi connectivity index (χ1) is 18.1. The molecule has 1 saturated heterocycles. The molecule has 0 bridgehead atoms. The zero-order chi connectivity index (χ0) is 25.7. The number of ether oxygens (including phenoxy) is 2. The van der Waals surface area contributed by atoms with Crippen molar-refractivity contribution in [2.24, 2.45) is 0 Å². The third-order valence-electron chi connectivity index (χ3n) is 7.31. The molecular formula is C28H35N5O4. The predicted octanol–water partition coefficient (Wildman–Crippen LogP) is 3.37. The van der Waals surface area contributed by atoms with E-state index < -0.39 is 5.60 Å². The van der Waals surface area contributed by atoms with Gasteiger partial charge in [0.05, 0.1) is 25.9 Å². The van der Waals surface area contributed by atoms with Gasteiger partial charge in [-0.1, -0.05) is 31.5 Å². The summed E-state index contributed by atoms with van der Waals surface area (Å²) in [7, 11) is 0. The number of carbonyl (C=O) groups is 2. The van der Waals surface area contributed by atoms with Gasteiger partial charge in [-0.25, -0.2) is 9.50 Å². The van der Waals surface area contributed by atoms with Gasteiger partial charge in [0.25, 0.3) is 11.8 Å². The maximum absolute atomic E-state index is 14.1. The van der Waals surface area contributed by atoms with Crippen LogP contribution in [0.25, 0.3) is 5.65 Å². The van der Waals surface area contributed by atoms with Gasteiger partial charge in [0, 0.05) is 25.5 Å². The van der Waals surface area contributed by atoms with Crippen molar-refractivity contribution in [1.29, 1.82) is 0 Å². The van der Waals surface area contributed by atoms with Crippen LogP contribution in [-0.2, 0) is 16.0 Å². The van der Waals surface area contributed by atoms with Crippen molar-refractivity contribution in [3.63, 3.8) is 0 Å². The zero-order valence-electron chi connectivity index (χ0n) is 21.5. The van der Waals surface area contributed by atoms with E-state index in [-0.39, 0.29) is 18.4 Å². The van der Waals surface area contributed by atoms with Crippen molar-refractivity contribution >= 4 is 17.5 Å². The van der Waals surface area contributed by atoms with Crippen LogP contribution in [0, 0.1) is 0 Å². The number of rotatable bonds is 4. The smallest absolute Gasteiger partial charge is 0.259 e. The summed E-state index contributed by atoms with van der Waals surface area (Å²) in [5.74, 6) is 0.676. The maximum atomic E-state index is 14.1. The minimum Gasteiger partial charge on any atom is -0.491 e. The fourth-order valence-corrected chi connectivity index (χ4v) is 5.29. The third-order valence-corrected chi connectivity index (χ3v) is 7.31. The molecule has 2 aliphatic rings. The summed E-state index contributed by atoms with van der Waals surface area (Å²) >= 11 is 0. The summed E-state index contributed by atoms with van der Waals surface area (Å²) in [5, 5.41) is 4.27. The van der Waals surface area contributed by atoms with Crippen LogP contribution in [0.3, 0.4) is 0 Å². The number of morpholine rings is 1. The molecule has 9 nitrogen and oxygen atoms in total. The number of benzene rings is 1. The zero-order valence-corrected chi connectivity index (χ0v) is 21.5. The molecule has 4 heterocycles. The Labute approximate surface area is 217 Å². The standard InChI is InChI=1S/C28H35N5O4/c1-2-3-14-31-16-18-36-24-11-5-4-9-22(24)10-6-7-12-28(27(31)35)21-32(17-19-37-28)26(34)23-20-30-33-15-8-13-29-25(23)33/h4-5,8-9,11,13,15,20H,2-3,6-7,10,12,14,16-19,21H2,1H3. The predicted molar refractivity (Wildman–Crippen MR) is 139 cm³/mol. The van der Waals surface area contributed by atoms with Crippen LogP contribution >= 0.6 is 0 Å². The normalized spacial score (nSPS) is 21.3.